The third-order valence-corrected chi connectivity index (χ3v) is 4.74. The molecule has 5 N–H and O–H groups in total. The molecule has 4 atom stereocenters. The van der Waals surface area contributed by atoms with Crippen LogP contribution < -0.4 is 16.4 Å². The first-order chi connectivity index (χ1) is 12.6. The van der Waals surface area contributed by atoms with Crippen molar-refractivity contribution in [3.05, 3.63) is 0 Å². The van der Waals surface area contributed by atoms with Gasteiger partial charge < -0.3 is 26.4 Å². The van der Waals surface area contributed by atoms with Gasteiger partial charge in [0.1, 0.15) is 18.1 Å². The van der Waals surface area contributed by atoms with Gasteiger partial charge in [0.15, 0.2) is 0 Å². The monoisotopic (exact) mass is 402 g/mol. The largest absolute Gasteiger partial charge is 0.480 e. The van der Waals surface area contributed by atoms with E-state index in [0.717, 1.165) is 0 Å². The molecule has 0 bridgehead atoms. The highest BCUT2D eigenvalue weighted by atomic mass is 32.1. The van der Waals surface area contributed by atoms with Crippen LogP contribution in [0.5, 0.6) is 0 Å². The topological polar surface area (TPSA) is 142 Å². The van der Waals surface area contributed by atoms with Gasteiger partial charge in [0.25, 0.3) is 0 Å². The van der Waals surface area contributed by atoms with Crippen LogP contribution in [0.2, 0.25) is 0 Å². The molecule has 10 heteroatoms. The highest BCUT2D eigenvalue weighted by Gasteiger charge is 2.38. The second-order valence-electron chi connectivity index (χ2n) is 7.25. The third-order valence-electron chi connectivity index (χ3n) is 4.37. The van der Waals surface area contributed by atoms with Gasteiger partial charge in [-0.1, -0.05) is 13.8 Å². The van der Waals surface area contributed by atoms with Crippen LogP contribution in [-0.2, 0) is 19.2 Å². The van der Waals surface area contributed by atoms with Crippen LogP contribution in [0.4, 0.5) is 0 Å². The van der Waals surface area contributed by atoms with Crippen molar-refractivity contribution in [2.45, 2.75) is 64.2 Å². The molecule has 1 aliphatic heterocycles. The van der Waals surface area contributed by atoms with Crippen LogP contribution >= 0.6 is 12.6 Å². The summed E-state index contributed by atoms with van der Waals surface area (Å²) in [5.74, 6) is -2.39. The third kappa shape index (κ3) is 6.69. The van der Waals surface area contributed by atoms with E-state index in [1.165, 1.54) is 11.8 Å². The summed E-state index contributed by atoms with van der Waals surface area (Å²) in [7, 11) is 0. The summed E-state index contributed by atoms with van der Waals surface area (Å²) in [6.07, 6.45) is 1.36. The first-order valence-electron chi connectivity index (χ1n) is 9.08. The summed E-state index contributed by atoms with van der Waals surface area (Å²) in [6, 6.07) is -3.47. The van der Waals surface area contributed by atoms with Crippen molar-refractivity contribution in [3.63, 3.8) is 0 Å². The molecule has 0 aliphatic carbocycles. The SMILES string of the molecule is CC(C)CC(NC(=O)C(CS)NC(=O)C(C)N)C(=O)N1CCCC1C(=O)O. The van der Waals surface area contributed by atoms with E-state index in [1.807, 2.05) is 13.8 Å². The average Bonchev–Trinajstić information content (AvgIpc) is 3.07. The Kier molecular flexibility index (Phi) is 9.04. The van der Waals surface area contributed by atoms with Gasteiger partial charge in [-0.2, -0.15) is 12.6 Å². The van der Waals surface area contributed by atoms with Crippen molar-refractivity contribution < 1.29 is 24.3 Å². The van der Waals surface area contributed by atoms with Gasteiger partial charge in [0.05, 0.1) is 6.04 Å². The van der Waals surface area contributed by atoms with Crippen molar-refractivity contribution in [1.29, 1.82) is 0 Å². The molecule has 0 saturated carbocycles. The zero-order chi connectivity index (χ0) is 20.7. The fourth-order valence-electron chi connectivity index (χ4n) is 2.95. The van der Waals surface area contributed by atoms with Gasteiger partial charge in [0, 0.05) is 12.3 Å². The van der Waals surface area contributed by atoms with Crippen molar-refractivity contribution in [2.24, 2.45) is 11.7 Å². The normalized spacial score (nSPS) is 20.1. The molecule has 1 fully saturated rings. The molecule has 1 aliphatic rings. The number of carbonyl (C=O) groups is 4. The number of hydrogen-bond donors (Lipinski definition) is 5. The Morgan fingerprint density at radius 3 is 2.22 bits per heavy atom. The Bertz CT molecular complexity index is 570. The van der Waals surface area contributed by atoms with E-state index in [0.29, 0.717) is 25.8 Å². The molecular formula is C17H30N4O5S. The molecular weight excluding hydrogens is 372 g/mol. The lowest BCUT2D eigenvalue weighted by atomic mass is 10.0. The van der Waals surface area contributed by atoms with E-state index < -0.39 is 47.9 Å². The summed E-state index contributed by atoms with van der Waals surface area (Å²) >= 11 is 4.08. The molecule has 0 aromatic carbocycles. The number of amides is 3. The molecule has 0 aromatic heterocycles. The summed E-state index contributed by atoms with van der Waals surface area (Å²) < 4.78 is 0. The van der Waals surface area contributed by atoms with Crippen LogP contribution in [0.3, 0.4) is 0 Å². The molecule has 1 rings (SSSR count). The minimum atomic E-state index is -1.05. The van der Waals surface area contributed by atoms with Crippen LogP contribution in [0.15, 0.2) is 0 Å². The van der Waals surface area contributed by atoms with E-state index in [9.17, 15) is 24.3 Å². The van der Waals surface area contributed by atoms with E-state index in [2.05, 4.69) is 23.3 Å². The quantitative estimate of drug-likeness (QED) is 0.325. The van der Waals surface area contributed by atoms with Crippen molar-refractivity contribution in [1.82, 2.24) is 15.5 Å². The van der Waals surface area contributed by atoms with Crippen LogP contribution in [-0.4, -0.2) is 70.2 Å². The molecule has 154 valence electrons. The Balaban J connectivity index is 2.89. The second-order valence-corrected chi connectivity index (χ2v) is 7.62. The van der Waals surface area contributed by atoms with Gasteiger partial charge in [0.2, 0.25) is 17.7 Å². The molecule has 4 unspecified atom stereocenters. The van der Waals surface area contributed by atoms with Crippen molar-refractivity contribution >= 4 is 36.3 Å². The number of nitrogens with two attached hydrogens (primary N) is 1. The van der Waals surface area contributed by atoms with Crippen molar-refractivity contribution in [3.8, 4) is 0 Å². The number of carboxylic acid groups (broad SMARTS) is 1. The summed E-state index contributed by atoms with van der Waals surface area (Å²) in [5, 5.41) is 14.4. The summed E-state index contributed by atoms with van der Waals surface area (Å²) in [4.78, 5) is 49.9. The first-order valence-corrected chi connectivity index (χ1v) is 9.72. The lowest BCUT2D eigenvalue weighted by Crippen LogP contribution is -2.57. The zero-order valence-corrected chi connectivity index (χ0v) is 16.9. The zero-order valence-electron chi connectivity index (χ0n) is 16.0. The molecule has 0 spiro atoms. The number of likely N-dealkylation sites (tertiary alicyclic amines) is 1. The first kappa shape index (κ1) is 23.2. The number of rotatable bonds is 9. The number of carboxylic acids is 1. The Morgan fingerprint density at radius 1 is 1.15 bits per heavy atom. The molecule has 0 aromatic rings. The fraction of sp³-hybridized carbons (Fsp3) is 0.765. The van der Waals surface area contributed by atoms with Gasteiger partial charge >= 0.3 is 5.97 Å². The standard InChI is InChI=1S/C17H30N4O5S/c1-9(2)7-11(16(24)21-6-4-5-13(21)17(25)26)19-15(23)12(8-27)20-14(22)10(3)18/h9-13,27H,4-8,18H2,1-3H3,(H,19,23)(H,20,22)(H,25,26). The minimum absolute atomic E-state index is 0.0361. The second kappa shape index (κ2) is 10.5. The van der Waals surface area contributed by atoms with E-state index in [1.54, 1.807) is 0 Å². The van der Waals surface area contributed by atoms with Crippen LogP contribution in [0.25, 0.3) is 0 Å². The van der Waals surface area contributed by atoms with E-state index >= 15 is 0 Å². The number of thiol groups is 1. The number of hydrogen-bond acceptors (Lipinski definition) is 6. The maximum atomic E-state index is 12.9. The van der Waals surface area contributed by atoms with E-state index in [-0.39, 0.29) is 11.7 Å². The van der Waals surface area contributed by atoms with E-state index in [4.69, 9.17) is 5.73 Å². The maximum Gasteiger partial charge on any atom is 0.326 e. The van der Waals surface area contributed by atoms with Gasteiger partial charge in [-0.05, 0) is 32.1 Å². The molecule has 1 heterocycles. The maximum absolute atomic E-state index is 12.9. The highest BCUT2D eigenvalue weighted by Crippen LogP contribution is 2.20. The number of nitrogens with zero attached hydrogens (tertiary/aromatic N) is 1. The molecule has 27 heavy (non-hydrogen) atoms. The van der Waals surface area contributed by atoms with Gasteiger partial charge in [-0.25, -0.2) is 4.79 Å². The predicted octanol–water partition coefficient (Wildman–Crippen LogP) is -0.645. The molecule has 0 radical (unpaired) electrons. The lowest BCUT2D eigenvalue weighted by molar-refractivity contribution is -0.149. The fourth-order valence-corrected chi connectivity index (χ4v) is 3.21. The highest BCUT2D eigenvalue weighted by molar-refractivity contribution is 7.80. The van der Waals surface area contributed by atoms with Gasteiger partial charge in [-0.15, -0.1) is 0 Å². The summed E-state index contributed by atoms with van der Waals surface area (Å²) in [5.41, 5.74) is 5.50. The lowest BCUT2D eigenvalue weighted by Gasteiger charge is -2.29. The number of nitrogens with one attached hydrogen (secondary N) is 2. The average molecular weight is 403 g/mol. The molecule has 9 nitrogen and oxygen atoms in total. The predicted molar refractivity (Wildman–Crippen MR) is 103 cm³/mol. The van der Waals surface area contributed by atoms with Gasteiger partial charge in [-0.3, -0.25) is 14.4 Å². The number of carbonyl (C=O) groups excluding carboxylic acids is 3. The molecule has 3 amide bonds. The van der Waals surface area contributed by atoms with Crippen LogP contribution in [0.1, 0.15) is 40.0 Å². The minimum Gasteiger partial charge on any atom is -0.480 e. The smallest absolute Gasteiger partial charge is 0.326 e. The Hall–Kier alpha value is -1.81. The Morgan fingerprint density at radius 2 is 1.74 bits per heavy atom. The molecule has 1 saturated heterocycles. The van der Waals surface area contributed by atoms with Crippen molar-refractivity contribution in [2.75, 3.05) is 12.3 Å². The van der Waals surface area contributed by atoms with Crippen LogP contribution in [0, 0.1) is 5.92 Å². The summed E-state index contributed by atoms with van der Waals surface area (Å²) in [6.45, 7) is 5.64. The number of aliphatic carboxylic acids is 1. The Labute approximate surface area is 164 Å².